The van der Waals surface area contributed by atoms with Crippen molar-refractivity contribution in [2.45, 2.75) is 24.7 Å². The lowest BCUT2D eigenvalue weighted by Gasteiger charge is -2.09. The van der Waals surface area contributed by atoms with E-state index in [1.54, 1.807) is 0 Å². The monoisotopic (exact) mass is 222 g/mol. The Balaban J connectivity index is 2.08. The molecule has 0 heterocycles. The van der Waals surface area contributed by atoms with Gasteiger partial charge in [0, 0.05) is 10.4 Å². The van der Waals surface area contributed by atoms with E-state index in [0.717, 1.165) is 24.3 Å². The molecule has 2 unspecified atom stereocenters. The molecule has 3 heteroatoms. The van der Waals surface area contributed by atoms with Gasteiger partial charge in [-0.1, -0.05) is 23.7 Å². The predicted molar refractivity (Wildman–Crippen MR) is 57.2 cm³/mol. The smallest absolute Gasteiger partial charge is 0.307 e. The molecule has 0 aliphatic heterocycles. The molecule has 0 saturated heterocycles. The van der Waals surface area contributed by atoms with Crippen molar-refractivity contribution in [2.24, 2.45) is 5.92 Å². The Morgan fingerprint density at radius 2 is 2.33 bits per heavy atom. The van der Waals surface area contributed by atoms with Crippen LogP contribution in [0.2, 0.25) is 5.02 Å². The minimum absolute atomic E-state index is 0.0773. The maximum absolute atomic E-state index is 11.0. The number of hydrogen-bond donors (Lipinski definition) is 1. The largest absolute Gasteiger partial charge is 0.481 e. The lowest BCUT2D eigenvalue weighted by molar-refractivity contribution is -0.139. The number of carboxylic acids is 1. The van der Waals surface area contributed by atoms with E-state index in [2.05, 4.69) is 0 Å². The van der Waals surface area contributed by atoms with Gasteiger partial charge in [0.15, 0.2) is 0 Å². The fraction of sp³-hybridized carbons (Fsp3) is 0.417. The van der Waals surface area contributed by atoms with E-state index in [0.29, 0.717) is 0 Å². The quantitative estimate of drug-likeness (QED) is 0.793. The first-order chi connectivity index (χ1) is 7.15. The number of aliphatic carboxylic acids is 1. The molecule has 2 nitrogen and oxygen atoms in total. The van der Waals surface area contributed by atoms with Gasteiger partial charge in [-0.15, -0.1) is 0 Å². The first-order valence-electron chi connectivity index (χ1n) is 5.16. The number of halogens is 1. The molecule has 2 aliphatic rings. The molecule has 1 fully saturated rings. The van der Waals surface area contributed by atoms with Gasteiger partial charge < -0.3 is 5.11 Å². The van der Waals surface area contributed by atoms with Crippen molar-refractivity contribution in [2.75, 3.05) is 0 Å². The first-order valence-corrected chi connectivity index (χ1v) is 5.53. The van der Waals surface area contributed by atoms with Crippen molar-refractivity contribution in [1.82, 2.24) is 0 Å². The molecule has 15 heavy (non-hydrogen) atoms. The summed E-state index contributed by atoms with van der Waals surface area (Å²) in [6, 6.07) is 5.85. The Labute approximate surface area is 92.9 Å². The van der Waals surface area contributed by atoms with Crippen LogP contribution >= 0.6 is 11.6 Å². The molecule has 1 aromatic carbocycles. The van der Waals surface area contributed by atoms with Crippen LogP contribution in [0.4, 0.5) is 0 Å². The van der Waals surface area contributed by atoms with Crippen LogP contribution in [-0.4, -0.2) is 11.1 Å². The molecule has 2 atom stereocenters. The molecule has 1 aromatic rings. The van der Waals surface area contributed by atoms with Crippen LogP contribution in [0, 0.1) is 5.92 Å². The number of carboxylic acid groups (broad SMARTS) is 1. The second-order valence-electron chi connectivity index (χ2n) is 4.52. The van der Waals surface area contributed by atoms with Gasteiger partial charge in [0.2, 0.25) is 0 Å². The number of benzene rings is 1. The van der Waals surface area contributed by atoms with Crippen molar-refractivity contribution in [3.05, 3.63) is 34.3 Å². The maximum atomic E-state index is 11.0. The summed E-state index contributed by atoms with van der Waals surface area (Å²) in [4.78, 5) is 11.0. The van der Waals surface area contributed by atoms with Crippen LogP contribution in [0.5, 0.6) is 0 Å². The van der Waals surface area contributed by atoms with Crippen molar-refractivity contribution >= 4 is 17.6 Å². The van der Waals surface area contributed by atoms with Crippen molar-refractivity contribution < 1.29 is 9.90 Å². The summed E-state index contributed by atoms with van der Waals surface area (Å²) < 4.78 is 0. The number of rotatable bonds is 1. The Hall–Kier alpha value is -1.02. The fourth-order valence-corrected chi connectivity index (χ4v) is 3.23. The average molecular weight is 223 g/mol. The fourth-order valence-electron chi connectivity index (χ4n) is 2.96. The van der Waals surface area contributed by atoms with Gasteiger partial charge >= 0.3 is 5.97 Å². The molecule has 0 radical (unpaired) electrons. The Kier molecular flexibility index (Phi) is 1.70. The molecule has 3 rings (SSSR count). The Morgan fingerprint density at radius 1 is 1.53 bits per heavy atom. The summed E-state index contributed by atoms with van der Waals surface area (Å²) in [5, 5.41) is 9.83. The highest BCUT2D eigenvalue weighted by molar-refractivity contribution is 6.31. The molecule has 78 valence electrons. The number of carbonyl (C=O) groups is 1. The average Bonchev–Trinajstić information content (AvgIpc) is 2.79. The summed E-state index contributed by atoms with van der Waals surface area (Å²) in [6.07, 6.45) is 2.66. The summed E-state index contributed by atoms with van der Waals surface area (Å²) >= 11 is 6.10. The first kappa shape index (κ1) is 9.22. The van der Waals surface area contributed by atoms with Crippen LogP contribution < -0.4 is 0 Å². The van der Waals surface area contributed by atoms with E-state index in [1.807, 2.05) is 18.2 Å². The van der Waals surface area contributed by atoms with Crippen LogP contribution in [0.3, 0.4) is 0 Å². The SMILES string of the molecule is O=C(O)C1CC12CCc1c(Cl)cccc12. The third-order valence-corrected chi connectivity index (χ3v) is 4.20. The molecule has 1 saturated carbocycles. The molecule has 0 amide bonds. The summed E-state index contributed by atoms with van der Waals surface area (Å²) in [6.45, 7) is 0. The van der Waals surface area contributed by atoms with E-state index in [-0.39, 0.29) is 11.3 Å². The van der Waals surface area contributed by atoms with Gasteiger partial charge in [-0.05, 0) is 36.5 Å². The molecule has 1 spiro atoms. The van der Waals surface area contributed by atoms with Crippen molar-refractivity contribution in [1.29, 1.82) is 0 Å². The van der Waals surface area contributed by atoms with Crippen molar-refractivity contribution in [3.63, 3.8) is 0 Å². The van der Waals surface area contributed by atoms with Crippen LogP contribution in [0.1, 0.15) is 24.0 Å². The molecule has 0 bridgehead atoms. The number of fused-ring (bicyclic) bond motifs is 2. The Morgan fingerprint density at radius 3 is 3.00 bits per heavy atom. The third-order valence-electron chi connectivity index (χ3n) is 3.85. The zero-order chi connectivity index (χ0) is 10.6. The van der Waals surface area contributed by atoms with Crippen LogP contribution in [0.15, 0.2) is 18.2 Å². The predicted octanol–water partition coefficient (Wildman–Crippen LogP) is 2.63. The zero-order valence-corrected chi connectivity index (χ0v) is 8.92. The lowest BCUT2D eigenvalue weighted by Crippen LogP contribution is -2.11. The second kappa shape index (κ2) is 2.76. The second-order valence-corrected chi connectivity index (χ2v) is 4.92. The molecule has 1 N–H and O–H groups in total. The van der Waals surface area contributed by atoms with E-state index in [1.165, 1.54) is 11.1 Å². The van der Waals surface area contributed by atoms with E-state index in [4.69, 9.17) is 16.7 Å². The highest BCUT2D eigenvalue weighted by atomic mass is 35.5. The van der Waals surface area contributed by atoms with Crippen molar-refractivity contribution in [3.8, 4) is 0 Å². The maximum Gasteiger partial charge on any atom is 0.307 e. The highest BCUT2D eigenvalue weighted by Crippen LogP contribution is 2.62. The van der Waals surface area contributed by atoms with E-state index >= 15 is 0 Å². The van der Waals surface area contributed by atoms with Crippen LogP contribution in [-0.2, 0) is 16.6 Å². The molecule has 0 aromatic heterocycles. The third kappa shape index (κ3) is 1.08. The normalized spacial score (nSPS) is 31.7. The van der Waals surface area contributed by atoms with Gasteiger partial charge in [-0.3, -0.25) is 4.79 Å². The van der Waals surface area contributed by atoms with Gasteiger partial charge in [-0.25, -0.2) is 0 Å². The van der Waals surface area contributed by atoms with Gasteiger partial charge in [0.05, 0.1) is 5.92 Å². The number of hydrogen-bond acceptors (Lipinski definition) is 1. The summed E-state index contributed by atoms with van der Waals surface area (Å²) in [5.74, 6) is -0.847. The van der Waals surface area contributed by atoms with Gasteiger partial charge in [-0.2, -0.15) is 0 Å². The van der Waals surface area contributed by atoms with E-state index in [9.17, 15) is 4.79 Å². The standard InChI is InChI=1S/C12H11ClO2/c13-10-3-1-2-8-7(10)4-5-12(8)6-9(12)11(14)15/h1-3,9H,4-6H2,(H,14,15). The molecular formula is C12H11ClO2. The van der Waals surface area contributed by atoms with Gasteiger partial charge in [0.1, 0.15) is 0 Å². The topological polar surface area (TPSA) is 37.3 Å². The minimum Gasteiger partial charge on any atom is -0.481 e. The molecule has 2 aliphatic carbocycles. The highest BCUT2D eigenvalue weighted by Gasteiger charge is 2.61. The summed E-state index contributed by atoms with van der Waals surface area (Å²) in [5.41, 5.74) is 2.27. The Bertz CT molecular complexity index is 455. The molecular weight excluding hydrogens is 212 g/mol. The van der Waals surface area contributed by atoms with Crippen LogP contribution in [0.25, 0.3) is 0 Å². The van der Waals surface area contributed by atoms with Gasteiger partial charge in [0.25, 0.3) is 0 Å². The lowest BCUT2D eigenvalue weighted by atomic mass is 9.95. The van der Waals surface area contributed by atoms with E-state index < -0.39 is 5.97 Å². The summed E-state index contributed by atoms with van der Waals surface area (Å²) in [7, 11) is 0. The minimum atomic E-state index is -0.664. The zero-order valence-electron chi connectivity index (χ0n) is 8.16.